The Morgan fingerprint density at radius 3 is 2.00 bits per heavy atom. The molecule has 0 radical (unpaired) electrons. The van der Waals surface area contributed by atoms with Crippen LogP contribution < -0.4 is 4.74 Å². The van der Waals surface area contributed by atoms with E-state index in [2.05, 4.69) is 31.2 Å². The molecule has 0 amide bonds. The fourth-order valence-corrected chi connectivity index (χ4v) is 2.46. The Labute approximate surface area is 129 Å². The number of ether oxygens (including phenoxy) is 1. The van der Waals surface area contributed by atoms with Crippen molar-refractivity contribution in [2.45, 2.75) is 51.9 Å². The quantitative estimate of drug-likeness (QED) is 0.485. The van der Waals surface area contributed by atoms with E-state index in [9.17, 15) is 0 Å². The van der Waals surface area contributed by atoms with Gasteiger partial charge in [-0.15, -0.1) is 0 Å². The molecular weight excluding hydrogens is 256 g/mol. The third-order valence-corrected chi connectivity index (χ3v) is 3.72. The minimum Gasteiger partial charge on any atom is -0.457 e. The molecule has 112 valence electrons. The Hall–Kier alpha value is -1.76. The van der Waals surface area contributed by atoms with Crippen molar-refractivity contribution in [3.8, 4) is 11.5 Å². The third-order valence-electron chi connectivity index (χ3n) is 3.72. The van der Waals surface area contributed by atoms with Crippen molar-refractivity contribution in [3.63, 3.8) is 0 Å². The predicted molar refractivity (Wildman–Crippen MR) is 90.0 cm³/mol. The molecular formula is C20H26O. The molecule has 0 atom stereocenters. The Bertz CT molecular complexity index is 487. The SMILES string of the molecule is CCCCCCCCc1ccc(Oc2ccccc2)cc1. The summed E-state index contributed by atoms with van der Waals surface area (Å²) in [7, 11) is 0. The van der Waals surface area contributed by atoms with Gasteiger partial charge in [-0.05, 0) is 42.7 Å². The van der Waals surface area contributed by atoms with E-state index in [1.54, 1.807) is 0 Å². The number of benzene rings is 2. The van der Waals surface area contributed by atoms with Crippen LogP contribution in [0.3, 0.4) is 0 Å². The van der Waals surface area contributed by atoms with Crippen molar-refractivity contribution < 1.29 is 4.74 Å². The lowest BCUT2D eigenvalue weighted by Crippen LogP contribution is -1.88. The lowest BCUT2D eigenvalue weighted by Gasteiger charge is -2.07. The number of para-hydroxylation sites is 1. The molecule has 21 heavy (non-hydrogen) atoms. The van der Waals surface area contributed by atoms with Crippen LogP contribution in [0.2, 0.25) is 0 Å². The normalized spacial score (nSPS) is 10.5. The van der Waals surface area contributed by atoms with E-state index in [1.165, 1.54) is 50.5 Å². The Morgan fingerprint density at radius 1 is 0.667 bits per heavy atom. The Morgan fingerprint density at radius 2 is 1.29 bits per heavy atom. The topological polar surface area (TPSA) is 9.23 Å². The largest absolute Gasteiger partial charge is 0.457 e. The van der Waals surface area contributed by atoms with E-state index in [0.29, 0.717) is 0 Å². The Kier molecular flexibility index (Phi) is 6.87. The van der Waals surface area contributed by atoms with Gasteiger partial charge in [-0.3, -0.25) is 0 Å². The van der Waals surface area contributed by atoms with Gasteiger partial charge in [-0.25, -0.2) is 0 Å². The summed E-state index contributed by atoms with van der Waals surface area (Å²) >= 11 is 0. The Balaban J connectivity index is 1.72. The van der Waals surface area contributed by atoms with E-state index >= 15 is 0 Å². The van der Waals surface area contributed by atoms with Gasteiger partial charge in [-0.2, -0.15) is 0 Å². The van der Waals surface area contributed by atoms with E-state index in [-0.39, 0.29) is 0 Å². The molecule has 2 rings (SSSR count). The van der Waals surface area contributed by atoms with Gasteiger partial charge in [0.1, 0.15) is 11.5 Å². The van der Waals surface area contributed by atoms with E-state index in [4.69, 9.17) is 4.74 Å². The van der Waals surface area contributed by atoms with E-state index < -0.39 is 0 Å². The highest BCUT2D eigenvalue weighted by molar-refractivity contribution is 5.32. The highest BCUT2D eigenvalue weighted by atomic mass is 16.5. The molecule has 2 aromatic carbocycles. The smallest absolute Gasteiger partial charge is 0.127 e. The van der Waals surface area contributed by atoms with Crippen molar-refractivity contribution in [3.05, 3.63) is 60.2 Å². The van der Waals surface area contributed by atoms with Crippen LogP contribution >= 0.6 is 0 Å². The summed E-state index contributed by atoms with van der Waals surface area (Å²) in [4.78, 5) is 0. The average molecular weight is 282 g/mol. The highest BCUT2D eigenvalue weighted by Gasteiger charge is 1.98. The van der Waals surface area contributed by atoms with Gasteiger partial charge in [-0.1, -0.05) is 69.4 Å². The molecule has 0 aromatic heterocycles. The lowest BCUT2D eigenvalue weighted by molar-refractivity contribution is 0.482. The molecule has 0 saturated carbocycles. The van der Waals surface area contributed by atoms with Gasteiger partial charge >= 0.3 is 0 Å². The van der Waals surface area contributed by atoms with Crippen molar-refractivity contribution in [1.29, 1.82) is 0 Å². The van der Waals surface area contributed by atoms with Gasteiger partial charge in [0.25, 0.3) is 0 Å². The minimum atomic E-state index is 0.890. The maximum absolute atomic E-state index is 5.80. The predicted octanol–water partition coefficient (Wildman–Crippen LogP) is 6.38. The summed E-state index contributed by atoms with van der Waals surface area (Å²) in [6.45, 7) is 2.26. The number of aryl methyl sites for hydroxylation is 1. The van der Waals surface area contributed by atoms with Gasteiger partial charge in [0.15, 0.2) is 0 Å². The summed E-state index contributed by atoms with van der Waals surface area (Å²) in [6.07, 6.45) is 9.29. The summed E-state index contributed by atoms with van der Waals surface area (Å²) < 4.78 is 5.80. The molecule has 0 aliphatic rings. The summed E-state index contributed by atoms with van der Waals surface area (Å²) in [6, 6.07) is 18.4. The maximum Gasteiger partial charge on any atom is 0.127 e. The second-order valence-corrected chi connectivity index (χ2v) is 5.58. The van der Waals surface area contributed by atoms with E-state index in [1.807, 2.05) is 30.3 Å². The molecule has 0 aliphatic carbocycles. The van der Waals surface area contributed by atoms with Crippen LogP contribution in [-0.4, -0.2) is 0 Å². The highest BCUT2D eigenvalue weighted by Crippen LogP contribution is 2.21. The zero-order valence-corrected chi connectivity index (χ0v) is 13.1. The monoisotopic (exact) mass is 282 g/mol. The van der Waals surface area contributed by atoms with Crippen LogP contribution in [0.5, 0.6) is 11.5 Å². The van der Waals surface area contributed by atoms with Crippen molar-refractivity contribution in [2.24, 2.45) is 0 Å². The molecule has 0 aliphatic heterocycles. The standard InChI is InChI=1S/C20H26O/c1-2-3-4-5-6-8-11-18-14-16-20(17-15-18)21-19-12-9-7-10-13-19/h7,9-10,12-17H,2-6,8,11H2,1H3. The molecule has 0 heterocycles. The first-order valence-corrected chi connectivity index (χ1v) is 8.20. The average Bonchev–Trinajstić information content (AvgIpc) is 2.53. The molecule has 1 heteroatoms. The lowest BCUT2D eigenvalue weighted by atomic mass is 10.0. The van der Waals surface area contributed by atoms with Crippen molar-refractivity contribution in [2.75, 3.05) is 0 Å². The number of hydrogen-bond acceptors (Lipinski definition) is 1. The second-order valence-electron chi connectivity index (χ2n) is 5.58. The van der Waals surface area contributed by atoms with Gasteiger partial charge in [0.05, 0.1) is 0 Å². The zero-order valence-electron chi connectivity index (χ0n) is 13.1. The number of unbranched alkanes of at least 4 members (excludes halogenated alkanes) is 5. The first-order chi connectivity index (χ1) is 10.4. The first-order valence-electron chi connectivity index (χ1n) is 8.20. The molecule has 0 bridgehead atoms. The fraction of sp³-hybridized carbons (Fsp3) is 0.400. The molecule has 0 spiro atoms. The van der Waals surface area contributed by atoms with Gasteiger partial charge < -0.3 is 4.74 Å². The molecule has 0 fully saturated rings. The second kappa shape index (κ2) is 9.23. The van der Waals surface area contributed by atoms with Crippen molar-refractivity contribution in [1.82, 2.24) is 0 Å². The summed E-state index contributed by atoms with van der Waals surface area (Å²) in [5, 5.41) is 0. The van der Waals surface area contributed by atoms with Crippen LogP contribution in [0.25, 0.3) is 0 Å². The third kappa shape index (κ3) is 6.03. The maximum atomic E-state index is 5.80. The van der Waals surface area contributed by atoms with Gasteiger partial charge in [0, 0.05) is 0 Å². The molecule has 0 unspecified atom stereocenters. The first kappa shape index (κ1) is 15.6. The molecule has 1 nitrogen and oxygen atoms in total. The van der Waals surface area contributed by atoms with Gasteiger partial charge in [0.2, 0.25) is 0 Å². The number of hydrogen-bond donors (Lipinski definition) is 0. The molecule has 0 N–H and O–H groups in total. The zero-order chi connectivity index (χ0) is 14.8. The van der Waals surface area contributed by atoms with Crippen LogP contribution in [-0.2, 0) is 6.42 Å². The van der Waals surface area contributed by atoms with Crippen LogP contribution in [0.1, 0.15) is 51.0 Å². The van der Waals surface area contributed by atoms with Crippen molar-refractivity contribution >= 4 is 0 Å². The van der Waals surface area contributed by atoms with Crippen LogP contribution in [0.4, 0.5) is 0 Å². The van der Waals surface area contributed by atoms with Crippen LogP contribution in [0.15, 0.2) is 54.6 Å². The molecule has 0 saturated heterocycles. The van der Waals surface area contributed by atoms with E-state index in [0.717, 1.165) is 11.5 Å². The molecule has 2 aromatic rings. The van der Waals surface area contributed by atoms with Crippen LogP contribution in [0, 0.1) is 0 Å². The number of rotatable bonds is 9. The minimum absolute atomic E-state index is 0.890. The summed E-state index contributed by atoms with van der Waals surface area (Å²) in [5.74, 6) is 1.80. The fourth-order valence-electron chi connectivity index (χ4n) is 2.46. The summed E-state index contributed by atoms with van der Waals surface area (Å²) in [5.41, 5.74) is 1.41.